The van der Waals surface area contributed by atoms with Gasteiger partial charge in [-0.2, -0.15) is 4.68 Å². The Labute approximate surface area is 128 Å². The van der Waals surface area contributed by atoms with Gasteiger partial charge >= 0.3 is 6.03 Å². The van der Waals surface area contributed by atoms with Crippen molar-refractivity contribution >= 4 is 15.9 Å². The lowest BCUT2D eigenvalue weighted by Crippen LogP contribution is -2.27. The molecule has 0 aliphatic rings. The number of rotatable bonds is 2. The van der Waals surface area contributed by atoms with Crippen molar-refractivity contribution in [3.8, 4) is 0 Å². The van der Waals surface area contributed by atoms with Crippen LogP contribution >= 0.6 is 0 Å². The second-order valence-corrected chi connectivity index (χ2v) is 6.93. The fourth-order valence-corrected chi connectivity index (χ4v) is 3.82. The van der Waals surface area contributed by atoms with Crippen LogP contribution in [0.5, 0.6) is 0 Å². The molecule has 2 rings (SSSR count). The summed E-state index contributed by atoms with van der Waals surface area (Å²) in [5.74, 6) is -1.06. The van der Waals surface area contributed by atoms with Gasteiger partial charge in [0.05, 0.1) is 11.1 Å². The lowest BCUT2D eigenvalue weighted by Gasteiger charge is -2.10. The van der Waals surface area contributed by atoms with Crippen LogP contribution < -0.4 is 0 Å². The van der Waals surface area contributed by atoms with Crippen LogP contribution in [0, 0.1) is 19.7 Å². The monoisotopic (exact) mass is 325 g/mol. The quantitative estimate of drug-likeness (QED) is 0.846. The van der Waals surface area contributed by atoms with Crippen molar-refractivity contribution in [2.24, 2.45) is 0 Å². The molecule has 2 aromatic rings. The summed E-state index contributed by atoms with van der Waals surface area (Å²) in [7, 11) is -1.23. The van der Waals surface area contributed by atoms with E-state index in [2.05, 4.69) is 5.10 Å². The van der Waals surface area contributed by atoms with E-state index >= 15 is 0 Å². The van der Waals surface area contributed by atoms with Crippen molar-refractivity contribution in [3.05, 3.63) is 41.3 Å². The van der Waals surface area contributed by atoms with E-state index in [1.807, 2.05) is 0 Å². The first-order valence-electron chi connectivity index (χ1n) is 6.44. The number of carbonyl (C=O) groups excluding carboxylic acids is 1. The van der Waals surface area contributed by atoms with Gasteiger partial charge in [0, 0.05) is 14.1 Å². The fraction of sp³-hybridized carbons (Fsp3) is 0.286. The molecular formula is C14H16FN3O3S. The molecule has 1 aromatic carbocycles. The predicted molar refractivity (Wildman–Crippen MR) is 78.0 cm³/mol. The number of nitrogens with zero attached hydrogens (tertiary/aromatic N) is 3. The second-order valence-electron chi connectivity index (χ2n) is 5.13. The standard InChI is InChI=1S/C14H16FN3O3S/c1-9-6-5-7-10(2)12(9)22(20,21)13-11(15)8-18(16-13)14(19)17(3)4/h5-8H,1-4H3. The molecule has 118 valence electrons. The smallest absolute Gasteiger partial charge is 0.329 e. The minimum absolute atomic E-state index is 0.0106. The van der Waals surface area contributed by atoms with E-state index in [4.69, 9.17) is 0 Å². The van der Waals surface area contributed by atoms with Gasteiger partial charge in [-0.15, -0.1) is 5.10 Å². The van der Waals surface area contributed by atoms with E-state index in [-0.39, 0.29) is 4.90 Å². The van der Waals surface area contributed by atoms with Crippen molar-refractivity contribution in [1.82, 2.24) is 14.7 Å². The zero-order valence-electron chi connectivity index (χ0n) is 12.7. The number of hydrogen-bond acceptors (Lipinski definition) is 4. The van der Waals surface area contributed by atoms with Gasteiger partial charge in [0.2, 0.25) is 14.9 Å². The molecule has 1 heterocycles. The van der Waals surface area contributed by atoms with E-state index in [0.29, 0.717) is 15.8 Å². The normalized spacial score (nSPS) is 11.5. The summed E-state index contributed by atoms with van der Waals surface area (Å²) in [5, 5.41) is 2.87. The predicted octanol–water partition coefficient (Wildman–Crippen LogP) is 2.00. The molecule has 22 heavy (non-hydrogen) atoms. The van der Waals surface area contributed by atoms with Crippen LogP contribution in [0.15, 0.2) is 34.3 Å². The molecule has 8 heteroatoms. The van der Waals surface area contributed by atoms with E-state index in [9.17, 15) is 17.6 Å². The van der Waals surface area contributed by atoms with Gasteiger partial charge in [0.1, 0.15) is 0 Å². The highest BCUT2D eigenvalue weighted by atomic mass is 32.2. The summed E-state index contributed by atoms with van der Waals surface area (Å²) < 4.78 is 40.0. The summed E-state index contributed by atoms with van der Waals surface area (Å²) in [4.78, 5) is 13.0. The zero-order chi connectivity index (χ0) is 16.7. The van der Waals surface area contributed by atoms with Crippen molar-refractivity contribution in [3.63, 3.8) is 0 Å². The number of hydrogen-bond donors (Lipinski definition) is 0. The highest BCUT2D eigenvalue weighted by molar-refractivity contribution is 7.91. The topological polar surface area (TPSA) is 72.3 Å². The van der Waals surface area contributed by atoms with Crippen LogP contribution in [0.25, 0.3) is 0 Å². The number of aryl methyl sites for hydroxylation is 2. The average molecular weight is 325 g/mol. The molecule has 0 atom stereocenters. The Hall–Kier alpha value is -2.22. The summed E-state index contributed by atoms with van der Waals surface area (Å²) in [6.45, 7) is 3.25. The van der Waals surface area contributed by atoms with Gasteiger partial charge < -0.3 is 4.90 Å². The fourth-order valence-electron chi connectivity index (χ4n) is 2.14. The molecule has 0 aliphatic carbocycles. The van der Waals surface area contributed by atoms with Gasteiger partial charge in [-0.05, 0) is 25.0 Å². The van der Waals surface area contributed by atoms with Crippen molar-refractivity contribution in [1.29, 1.82) is 0 Å². The maximum Gasteiger partial charge on any atom is 0.344 e. The van der Waals surface area contributed by atoms with E-state index in [1.54, 1.807) is 32.0 Å². The lowest BCUT2D eigenvalue weighted by atomic mass is 10.2. The Balaban J connectivity index is 2.63. The SMILES string of the molecule is Cc1cccc(C)c1S(=O)(=O)c1nn(C(=O)N(C)C)cc1F. The summed E-state index contributed by atoms with van der Waals surface area (Å²) in [6.07, 6.45) is 0.767. The number of aromatic nitrogens is 2. The molecule has 0 unspecified atom stereocenters. The Kier molecular flexibility index (Phi) is 4.06. The molecule has 0 saturated heterocycles. The van der Waals surface area contributed by atoms with Gasteiger partial charge in [-0.3, -0.25) is 0 Å². The summed E-state index contributed by atoms with van der Waals surface area (Å²) >= 11 is 0. The minimum Gasteiger partial charge on any atom is -0.329 e. The molecule has 0 spiro atoms. The second kappa shape index (κ2) is 5.53. The number of amides is 1. The van der Waals surface area contributed by atoms with Crippen LogP contribution in [0.2, 0.25) is 0 Å². The van der Waals surface area contributed by atoms with Gasteiger partial charge in [0.25, 0.3) is 0 Å². The Morgan fingerprint density at radius 2 is 1.77 bits per heavy atom. The minimum atomic E-state index is -4.15. The van der Waals surface area contributed by atoms with E-state index < -0.39 is 26.7 Å². The molecule has 0 radical (unpaired) electrons. The highest BCUT2D eigenvalue weighted by Gasteiger charge is 2.30. The molecule has 1 amide bonds. The maximum atomic E-state index is 14.0. The molecule has 0 N–H and O–H groups in total. The first-order valence-corrected chi connectivity index (χ1v) is 7.92. The molecule has 0 aliphatic heterocycles. The largest absolute Gasteiger partial charge is 0.344 e. The average Bonchev–Trinajstić information content (AvgIpc) is 2.80. The molecule has 6 nitrogen and oxygen atoms in total. The number of sulfone groups is 1. The third-order valence-corrected chi connectivity index (χ3v) is 5.12. The van der Waals surface area contributed by atoms with Crippen LogP contribution in [-0.2, 0) is 9.84 Å². The van der Waals surface area contributed by atoms with Crippen molar-refractivity contribution in [2.75, 3.05) is 14.1 Å². The van der Waals surface area contributed by atoms with Crippen molar-refractivity contribution < 1.29 is 17.6 Å². The molecule has 1 aromatic heterocycles. The van der Waals surface area contributed by atoms with E-state index in [1.165, 1.54) is 19.0 Å². The Bertz CT molecular complexity index is 821. The number of benzene rings is 1. The molecule has 0 bridgehead atoms. The summed E-state index contributed by atoms with van der Waals surface area (Å²) in [6, 6.07) is 4.33. The Morgan fingerprint density at radius 1 is 1.23 bits per heavy atom. The maximum absolute atomic E-state index is 14.0. The zero-order valence-corrected chi connectivity index (χ0v) is 13.5. The van der Waals surface area contributed by atoms with Gasteiger partial charge in [0.15, 0.2) is 5.82 Å². The van der Waals surface area contributed by atoms with Crippen LogP contribution in [-0.4, -0.2) is 43.2 Å². The third-order valence-electron chi connectivity index (χ3n) is 3.15. The van der Waals surface area contributed by atoms with Crippen molar-refractivity contribution in [2.45, 2.75) is 23.8 Å². The van der Waals surface area contributed by atoms with Gasteiger partial charge in [-0.1, -0.05) is 18.2 Å². The highest BCUT2D eigenvalue weighted by Crippen LogP contribution is 2.27. The molecule has 0 fully saturated rings. The number of halogens is 1. The first kappa shape index (κ1) is 16.2. The van der Waals surface area contributed by atoms with Crippen LogP contribution in [0.1, 0.15) is 11.1 Å². The molecule has 0 saturated carbocycles. The Morgan fingerprint density at radius 3 is 2.27 bits per heavy atom. The number of carbonyl (C=O) groups is 1. The third kappa shape index (κ3) is 2.61. The van der Waals surface area contributed by atoms with Crippen LogP contribution in [0.3, 0.4) is 0 Å². The summed E-state index contributed by atoms with van der Waals surface area (Å²) in [5.41, 5.74) is 0.987. The van der Waals surface area contributed by atoms with Gasteiger partial charge in [-0.25, -0.2) is 17.6 Å². The first-order chi connectivity index (χ1) is 10.2. The molecular weight excluding hydrogens is 309 g/mol. The van der Waals surface area contributed by atoms with Crippen LogP contribution in [0.4, 0.5) is 9.18 Å². The lowest BCUT2D eigenvalue weighted by molar-refractivity contribution is 0.215. The van der Waals surface area contributed by atoms with E-state index in [0.717, 1.165) is 6.20 Å².